The Labute approximate surface area is 118 Å². The number of carbonyl (C=O) groups is 3. The Bertz CT molecular complexity index is 362. The molecule has 0 saturated carbocycles. The minimum atomic E-state index is -2.29. The zero-order valence-electron chi connectivity index (χ0n) is 12.5. The van der Waals surface area contributed by atoms with Crippen molar-refractivity contribution in [3.8, 4) is 0 Å². The summed E-state index contributed by atoms with van der Waals surface area (Å²) in [4.78, 5) is 34.7. The molecule has 7 heteroatoms. The number of hydrogen-bond acceptors (Lipinski definition) is 7. The maximum absolute atomic E-state index is 11.9. The summed E-state index contributed by atoms with van der Waals surface area (Å²) in [6, 6.07) is 0. The molecule has 1 unspecified atom stereocenters. The van der Waals surface area contributed by atoms with E-state index in [1.807, 2.05) is 0 Å². The summed E-state index contributed by atoms with van der Waals surface area (Å²) in [5, 5.41) is 10.2. The van der Waals surface area contributed by atoms with Gasteiger partial charge in [-0.15, -0.1) is 0 Å². The number of rotatable bonds is 7. The molecular formula is C13H22O7. The molecule has 0 heterocycles. The Morgan fingerprint density at radius 1 is 0.950 bits per heavy atom. The van der Waals surface area contributed by atoms with Gasteiger partial charge in [0.25, 0.3) is 0 Å². The van der Waals surface area contributed by atoms with Crippen LogP contribution in [0.25, 0.3) is 0 Å². The molecule has 0 aliphatic rings. The second kappa shape index (κ2) is 7.84. The summed E-state index contributed by atoms with van der Waals surface area (Å²) < 4.78 is 14.1. The van der Waals surface area contributed by atoms with E-state index in [-0.39, 0.29) is 0 Å². The van der Waals surface area contributed by atoms with Crippen molar-refractivity contribution in [3.05, 3.63) is 0 Å². The topological polar surface area (TPSA) is 99.1 Å². The van der Waals surface area contributed by atoms with E-state index >= 15 is 0 Å². The van der Waals surface area contributed by atoms with Crippen LogP contribution in [0.2, 0.25) is 0 Å². The van der Waals surface area contributed by atoms with Crippen LogP contribution in [0.3, 0.4) is 0 Å². The number of methoxy groups -OCH3 is 1. The van der Waals surface area contributed by atoms with Gasteiger partial charge in [-0.25, -0.2) is 4.79 Å². The lowest BCUT2D eigenvalue weighted by molar-refractivity contribution is -0.181. The SMILES string of the molecule is COC(=O)CC(O)(CC(=O)OC(C)C)C(=O)OC(C)C. The Morgan fingerprint density at radius 3 is 1.80 bits per heavy atom. The molecule has 0 spiro atoms. The summed E-state index contributed by atoms with van der Waals surface area (Å²) in [5.74, 6) is -2.68. The van der Waals surface area contributed by atoms with Crippen LogP contribution in [-0.4, -0.2) is 47.9 Å². The first-order valence-electron chi connectivity index (χ1n) is 6.30. The Balaban J connectivity index is 4.99. The molecule has 0 aromatic carbocycles. The largest absolute Gasteiger partial charge is 0.469 e. The molecule has 0 saturated heterocycles. The average molecular weight is 290 g/mol. The van der Waals surface area contributed by atoms with Crippen LogP contribution in [0.4, 0.5) is 0 Å². The highest BCUT2D eigenvalue weighted by Gasteiger charge is 2.43. The van der Waals surface area contributed by atoms with Gasteiger partial charge in [-0.1, -0.05) is 0 Å². The van der Waals surface area contributed by atoms with E-state index < -0.39 is 48.6 Å². The van der Waals surface area contributed by atoms with E-state index in [1.54, 1.807) is 27.7 Å². The van der Waals surface area contributed by atoms with Gasteiger partial charge in [0, 0.05) is 0 Å². The number of ether oxygens (including phenoxy) is 3. The zero-order chi connectivity index (χ0) is 15.9. The first kappa shape index (κ1) is 18.4. The van der Waals surface area contributed by atoms with Gasteiger partial charge in [0.1, 0.15) is 0 Å². The minimum Gasteiger partial charge on any atom is -0.469 e. The van der Waals surface area contributed by atoms with E-state index in [2.05, 4.69) is 4.74 Å². The summed E-state index contributed by atoms with van der Waals surface area (Å²) in [6.07, 6.45) is -2.24. The Kier molecular flexibility index (Phi) is 7.20. The van der Waals surface area contributed by atoms with Crippen LogP contribution in [0.1, 0.15) is 40.5 Å². The molecule has 0 rings (SSSR count). The van der Waals surface area contributed by atoms with Crippen LogP contribution < -0.4 is 0 Å². The van der Waals surface area contributed by atoms with Gasteiger partial charge in [0.15, 0.2) is 5.60 Å². The highest BCUT2D eigenvalue weighted by molar-refractivity contribution is 5.90. The van der Waals surface area contributed by atoms with Crippen molar-refractivity contribution in [1.29, 1.82) is 0 Å². The number of hydrogen-bond donors (Lipinski definition) is 1. The van der Waals surface area contributed by atoms with Crippen LogP contribution in [-0.2, 0) is 28.6 Å². The van der Waals surface area contributed by atoms with Gasteiger partial charge in [-0.3, -0.25) is 9.59 Å². The summed E-state index contributed by atoms with van der Waals surface area (Å²) >= 11 is 0. The van der Waals surface area contributed by atoms with Crippen molar-refractivity contribution < 1.29 is 33.7 Å². The molecule has 0 fully saturated rings. The smallest absolute Gasteiger partial charge is 0.339 e. The van der Waals surface area contributed by atoms with E-state index in [0.717, 1.165) is 7.11 Å². The molecule has 0 amide bonds. The average Bonchev–Trinajstić information content (AvgIpc) is 2.26. The number of esters is 3. The lowest BCUT2D eigenvalue weighted by Gasteiger charge is -2.25. The van der Waals surface area contributed by atoms with E-state index in [1.165, 1.54) is 0 Å². The van der Waals surface area contributed by atoms with Crippen molar-refractivity contribution in [3.63, 3.8) is 0 Å². The molecule has 0 bridgehead atoms. The van der Waals surface area contributed by atoms with Crippen LogP contribution in [0, 0.1) is 0 Å². The number of aliphatic hydroxyl groups is 1. The summed E-state index contributed by atoms with van der Waals surface area (Å²) in [6.45, 7) is 6.43. The van der Waals surface area contributed by atoms with Crippen molar-refractivity contribution in [1.82, 2.24) is 0 Å². The second-order valence-electron chi connectivity index (χ2n) is 4.95. The molecule has 20 heavy (non-hydrogen) atoms. The Morgan fingerprint density at radius 2 is 1.40 bits per heavy atom. The van der Waals surface area contributed by atoms with Gasteiger partial charge in [-0.2, -0.15) is 0 Å². The summed E-state index contributed by atoms with van der Waals surface area (Å²) in [5.41, 5.74) is -2.29. The Hall–Kier alpha value is -1.63. The monoisotopic (exact) mass is 290 g/mol. The molecule has 7 nitrogen and oxygen atoms in total. The molecule has 0 radical (unpaired) electrons. The van der Waals surface area contributed by atoms with Gasteiger partial charge in [-0.05, 0) is 27.7 Å². The van der Waals surface area contributed by atoms with Crippen molar-refractivity contribution in [2.75, 3.05) is 7.11 Å². The molecule has 0 aliphatic carbocycles. The third kappa shape index (κ3) is 6.51. The fourth-order valence-electron chi connectivity index (χ4n) is 1.38. The first-order valence-corrected chi connectivity index (χ1v) is 6.30. The third-order valence-electron chi connectivity index (χ3n) is 2.19. The molecule has 0 aromatic heterocycles. The summed E-state index contributed by atoms with van der Waals surface area (Å²) in [7, 11) is 1.11. The molecule has 116 valence electrons. The van der Waals surface area contributed by atoms with Gasteiger partial charge in [0.05, 0.1) is 32.2 Å². The third-order valence-corrected chi connectivity index (χ3v) is 2.19. The number of carbonyl (C=O) groups excluding carboxylic acids is 3. The fraction of sp³-hybridized carbons (Fsp3) is 0.769. The second-order valence-corrected chi connectivity index (χ2v) is 4.95. The molecule has 1 N–H and O–H groups in total. The molecule has 1 atom stereocenters. The highest BCUT2D eigenvalue weighted by Crippen LogP contribution is 2.20. The van der Waals surface area contributed by atoms with Crippen molar-refractivity contribution in [2.45, 2.75) is 58.3 Å². The predicted octanol–water partition coefficient (Wildman–Crippen LogP) is 0.574. The maximum atomic E-state index is 11.9. The van der Waals surface area contributed by atoms with Crippen LogP contribution in [0.5, 0.6) is 0 Å². The molecule has 0 aromatic rings. The highest BCUT2D eigenvalue weighted by atomic mass is 16.6. The predicted molar refractivity (Wildman–Crippen MR) is 68.7 cm³/mol. The molecule has 0 aliphatic heterocycles. The van der Waals surface area contributed by atoms with E-state index in [4.69, 9.17) is 9.47 Å². The first-order chi connectivity index (χ1) is 9.10. The van der Waals surface area contributed by atoms with Crippen LogP contribution in [0.15, 0.2) is 0 Å². The standard InChI is InChI=1S/C13H22O7/c1-8(2)19-11(15)7-13(17,6-10(14)18-5)12(16)20-9(3)4/h8-9,17H,6-7H2,1-5H3. The van der Waals surface area contributed by atoms with Gasteiger partial charge in [0.2, 0.25) is 0 Å². The van der Waals surface area contributed by atoms with Crippen molar-refractivity contribution >= 4 is 17.9 Å². The lowest BCUT2D eigenvalue weighted by atomic mass is 9.95. The minimum absolute atomic E-state index is 0.397. The molecular weight excluding hydrogens is 268 g/mol. The quantitative estimate of drug-likeness (QED) is 0.540. The van der Waals surface area contributed by atoms with Crippen LogP contribution >= 0.6 is 0 Å². The lowest BCUT2D eigenvalue weighted by Crippen LogP contribution is -2.45. The van der Waals surface area contributed by atoms with Gasteiger partial charge >= 0.3 is 17.9 Å². The van der Waals surface area contributed by atoms with Crippen molar-refractivity contribution in [2.24, 2.45) is 0 Å². The van der Waals surface area contributed by atoms with Gasteiger partial charge < -0.3 is 19.3 Å². The maximum Gasteiger partial charge on any atom is 0.339 e. The van der Waals surface area contributed by atoms with E-state index in [0.29, 0.717) is 0 Å². The fourth-order valence-corrected chi connectivity index (χ4v) is 1.38. The van der Waals surface area contributed by atoms with E-state index in [9.17, 15) is 19.5 Å². The zero-order valence-corrected chi connectivity index (χ0v) is 12.5. The normalized spacial score (nSPS) is 13.8.